The number of amides is 2. The van der Waals surface area contributed by atoms with Gasteiger partial charge in [0, 0.05) is 19.6 Å². The number of rotatable bonds is 5. The van der Waals surface area contributed by atoms with E-state index in [4.69, 9.17) is 9.47 Å². The normalized spacial score (nSPS) is 17.2. The third kappa shape index (κ3) is 6.74. The van der Waals surface area contributed by atoms with E-state index >= 15 is 0 Å². The molecule has 38 heavy (non-hydrogen) atoms. The van der Waals surface area contributed by atoms with E-state index < -0.39 is 0 Å². The molecule has 1 heterocycles. The van der Waals surface area contributed by atoms with Gasteiger partial charge in [-0.1, -0.05) is 67.4 Å². The molecule has 0 spiro atoms. The molecule has 0 unspecified atom stereocenters. The second-order valence-electron chi connectivity index (χ2n) is 9.65. The highest BCUT2D eigenvalue weighted by molar-refractivity contribution is 5.97. The molecular weight excluding hydrogens is 476 g/mol. The summed E-state index contributed by atoms with van der Waals surface area (Å²) in [7, 11) is 1.59. The molecule has 0 aromatic heterocycles. The number of ether oxygens (including phenoxy) is 2. The summed E-state index contributed by atoms with van der Waals surface area (Å²) in [4.78, 5) is 31.3. The molecule has 3 aromatic carbocycles. The van der Waals surface area contributed by atoms with Gasteiger partial charge in [-0.2, -0.15) is 0 Å². The molecule has 200 valence electrons. The maximum absolute atomic E-state index is 14.0. The fourth-order valence-corrected chi connectivity index (χ4v) is 5.04. The third-order valence-electron chi connectivity index (χ3n) is 7.15. The summed E-state index contributed by atoms with van der Waals surface area (Å²) in [6, 6.07) is 24.7. The number of hydrogen-bond donors (Lipinski definition) is 0. The van der Waals surface area contributed by atoms with Crippen LogP contribution in [0.5, 0.6) is 11.5 Å². The SMILES string of the molecule is CCN1CCCCCCN(C(=O)c2ccccc2OC)[C@@H](Cc2ccccc2)COc2ccccc2C1=O. The van der Waals surface area contributed by atoms with Crippen LogP contribution in [0.4, 0.5) is 0 Å². The van der Waals surface area contributed by atoms with Gasteiger partial charge in [-0.25, -0.2) is 0 Å². The Morgan fingerprint density at radius 1 is 0.895 bits per heavy atom. The molecule has 6 nitrogen and oxygen atoms in total. The molecule has 6 heteroatoms. The molecule has 0 saturated carbocycles. The Kier molecular flexibility index (Phi) is 9.79. The summed E-state index contributed by atoms with van der Waals surface area (Å²) in [5.74, 6) is 1.03. The van der Waals surface area contributed by atoms with Gasteiger partial charge in [0.2, 0.25) is 0 Å². The topological polar surface area (TPSA) is 59.1 Å². The third-order valence-corrected chi connectivity index (χ3v) is 7.15. The van der Waals surface area contributed by atoms with Crippen LogP contribution in [0.25, 0.3) is 0 Å². The molecule has 0 radical (unpaired) electrons. The van der Waals surface area contributed by atoms with Gasteiger partial charge in [0.25, 0.3) is 11.8 Å². The van der Waals surface area contributed by atoms with Gasteiger partial charge in [0.1, 0.15) is 18.1 Å². The van der Waals surface area contributed by atoms with Crippen LogP contribution in [-0.2, 0) is 6.42 Å². The first-order valence-corrected chi connectivity index (χ1v) is 13.6. The quantitative estimate of drug-likeness (QED) is 0.428. The van der Waals surface area contributed by atoms with Crippen molar-refractivity contribution in [3.05, 3.63) is 95.6 Å². The predicted molar refractivity (Wildman–Crippen MR) is 150 cm³/mol. The summed E-state index contributed by atoms with van der Waals surface area (Å²) < 4.78 is 11.9. The van der Waals surface area contributed by atoms with E-state index in [0.717, 1.165) is 31.2 Å². The summed E-state index contributed by atoms with van der Waals surface area (Å²) in [6.07, 6.45) is 4.43. The van der Waals surface area contributed by atoms with Gasteiger partial charge in [-0.15, -0.1) is 0 Å². The lowest BCUT2D eigenvalue weighted by Gasteiger charge is -2.33. The highest BCUT2D eigenvalue weighted by atomic mass is 16.5. The Hall–Kier alpha value is -3.80. The summed E-state index contributed by atoms with van der Waals surface area (Å²) in [6.45, 7) is 4.28. The van der Waals surface area contributed by atoms with Gasteiger partial charge in [0.05, 0.1) is 24.3 Å². The van der Waals surface area contributed by atoms with Crippen LogP contribution in [0.2, 0.25) is 0 Å². The van der Waals surface area contributed by atoms with E-state index in [1.54, 1.807) is 7.11 Å². The van der Waals surface area contributed by atoms with Crippen LogP contribution in [-0.4, -0.2) is 61.0 Å². The maximum Gasteiger partial charge on any atom is 0.257 e. The molecule has 0 N–H and O–H groups in total. The minimum absolute atomic E-state index is 0.0123. The molecule has 0 bridgehead atoms. The highest BCUT2D eigenvalue weighted by Gasteiger charge is 2.28. The van der Waals surface area contributed by atoms with Crippen LogP contribution in [0.15, 0.2) is 78.9 Å². The van der Waals surface area contributed by atoms with Gasteiger partial charge >= 0.3 is 0 Å². The highest BCUT2D eigenvalue weighted by Crippen LogP contribution is 2.25. The molecule has 0 aliphatic carbocycles. The van der Waals surface area contributed by atoms with E-state index in [0.29, 0.717) is 48.7 Å². The van der Waals surface area contributed by atoms with Crippen molar-refractivity contribution in [3.8, 4) is 11.5 Å². The van der Waals surface area contributed by atoms with E-state index in [1.165, 1.54) is 0 Å². The minimum atomic E-state index is -0.233. The van der Waals surface area contributed by atoms with E-state index in [1.807, 2.05) is 83.5 Å². The predicted octanol–water partition coefficient (Wildman–Crippen LogP) is 5.86. The zero-order valence-corrected chi connectivity index (χ0v) is 22.5. The van der Waals surface area contributed by atoms with Crippen molar-refractivity contribution in [2.24, 2.45) is 0 Å². The molecule has 3 aromatic rings. The number of nitrogens with zero attached hydrogens (tertiary/aromatic N) is 2. The minimum Gasteiger partial charge on any atom is -0.496 e. The first-order chi connectivity index (χ1) is 18.6. The fourth-order valence-electron chi connectivity index (χ4n) is 5.04. The van der Waals surface area contributed by atoms with Gasteiger partial charge in [-0.3, -0.25) is 9.59 Å². The first-order valence-electron chi connectivity index (χ1n) is 13.6. The number of fused-ring (bicyclic) bond motifs is 1. The fraction of sp³-hybridized carbons (Fsp3) is 0.375. The number of carbonyl (C=O) groups excluding carboxylic acids is 2. The van der Waals surface area contributed by atoms with E-state index in [9.17, 15) is 9.59 Å². The monoisotopic (exact) mass is 514 g/mol. The molecule has 4 rings (SSSR count). The first kappa shape index (κ1) is 27.2. The number of hydrogen-bond acceptors (Lipinski definition) is 4. The van der Waals surface area contributed by atoms with Crippen molar-refractivity contribution < 1.29 is 19.1 Å². The zero-order valence-electron chi connectivity index (χ0n) is 22.5. The van der Waals surface area contributed by atoms with Crippen LogP contribution in [0.1, 0.15) is 58.9 Å². The van der Waals surface area contributed by atoms with Gasteiger partial charge in [0.15, 0.2) is 0 Å². The average molecular weight is 515 g/mol. The Balaban J connectivity index is 1.71. The standard InChI is InChI=1S/C32H38N2O4/c1-3-33-21-13-4-5-14-22-34(32(36)27-17-9-11-19-29(27)37-2)26(23-25-15-7-6-8-16-25)24-38-30-20-12-10-18-28(30)31(33)35/h6-12,15-20,26H,3-5,13-14,21-24H2,1-2H3/t26-/m0/s1. The Bertz CT molecular complexity index is 1200. The van der Waals surface area contributed by atoms with Crippen molar-refractivity contribution in [3.63, 3.8) is 0 Å². The van der Waals surface area contributed by atoms with E-state index in [2.05, 4.69) is 12.1 Å². The summed E-state index contributed by atoms with van der Waals surface area (Å²) >= 11 is 0. The maximum atomic E-state index is 14.0. The second kappa shape index (κ2) is 13.7. The molecule has 0 saturated heterocycles. The van der Waals surface area contributed by atoms with Crippen LogP contribution in [0.3, 0.4) is 0 Å². The zero-order chi connectivity index (χ0) is 26.7. The molecule has 0 fully saturated rings. The number of methoxy groups -OCH3 is 1. The second-order valence-corrected chi connectivity index (χ2v) is 9.65. The van der Waals surface area contributed by atoms with Crippen LogP contribution < -0.4 is 9.47 Å². The van der Waals surface area contributed by atoms with Crippen molar-refractivity contribution in [2.45, 2.75) is 45.1 Å². The Labute approximate surface area is 226 Å². The van der Waals surface area contributed by atoms with Crippen molar-refractivity contribution >= 4 is 11.8 Å². The molecule has 2 amide bonds. The average Bonchev–Trinajstić information content (AvgIpc) is 2.96. The summed E-state index contributed by atoms with van der Waals surface area (Å²) in [5, 5.41) is 0. The molecule has 1 aliphatic heterocycles. The van der Waals surface area contributed by atoms with Crippen LogP contribution >= 0.6 is 0 Å². The van der Waals surface area contributed by atoms with Crippen LogP contribution in [0, 0.1) is 0 Å². The number of benzene rings is 3. The molecule has 1 aliphatic rings. The summed E-state index contributed by atoms with van der Waals surface area (Å²) in [5.41, 5.74) is 2.23. The molecule has 1 atom stereocenters. The van der Waals surface area contributed by atoms with Gasteiger partial charge in [-0.05, 0) is 56.0 Å². The van der Waals surface area contributed by atoms with Crippen molar-refractivity contribution in [1.29, 1.82) is 0 Å². The smallest absolute Gasteiger partial charge is 0.257 e. The lowest BCUT2D eigenvalue weighted by molar-refractivity contribution is 0.0594. The van der Waals surface area contributed by atoms with Gasteiger partial charge < -0.3 is 19.3 Å². The Morgan fingerprint density at radius 2 is 1.58 bits per heavy atom. The van der Waals surface area contributed by atoms with E-state index in [-0.39, 0.29) is 24.5 Å². The lowest BCUT2D eigenvalue weighted by Crippen LogP contribution is -2.46. The number of para-hydroxylation sites is 2. The largest absolute Gasteiger partial charge is 0.496 e. The number of carbonyl (C=O) groups is 2. The molecular formula is C32H38N2O4. The van der Waals surface area contributed by atoms with Crippen molar-refractivity contribution in [2.75, 3.05) is 33.4 Å². The Morgan fingerprint density at radius 3 is 2.34 bits per heavy atom. The van der Waals surface area contributed by atoms with Crippen molar-refractivity contribution in [1.82, 2.24) is 9.80 Å². The lowest BCUT2D eigenvalue weighted by atomic mass is 10.0.